The molecular formula is C18H21ClF3N3. The summed E-state index contributed by atoms with van der Waals surface area (Å²) in [6, 6.07) is 3.77. The molecule has 0 amide bonds. The van der Waals surface area contributed by atoms with Crippen LogP contribution in [0.15, 0.2) is 33.8 Å². The molecule has 0 N–H and O–H groups in total. The molecule has 7 heteroatoms. The number of benzene rings is 1. The Balaban J connectivity index is 2.02. The number of hydrogen-bond acceptors (Lipinski definition) is 3. The third-order valence-corrected chi connectivity index (χ3v) is 5.27. The van der Waals surface area contributed by atoms with E-state index >= 15 is 0 Å². The van der Waals surface area contributed by atoms with Gasteiger partial charge in [-0.2, -0.15) is 13.2 Å². The Morgan fingerprint density at radius 1 is 1.08 bits per heavy atom. The second-order valence-electron chi connectivity index (χ2n) is 6.66. The number of allylic oxidation sites excluding steroid dienone is 1. The van der Waals surface area contributed by atoms with E-state index < -0.39 is 11.7 Å². The minimum Gasteiger partial charge on any atom is -0.353 e. The van der Waals surface area contributed by atoms with Crippen LogP contribution >= 0.6 is 11.6 Å². The number of piperazine rings is 1. The number of aryl methyl sites for hydroxylation is 1. The molecule has 0 atom stereocenters. The molecular weight excluding hydrogens is 351 g/mol. The van der Waals surface area contributed by atoms with Gasteiger partial charge >= 0.3 is 6.18 Å². The Labute approximate surface area is 150 Å². The number of hydrogen-bond donors (Lipinski definition) is 0. The fraction of sp³-hybridized carbons (Fsp3) is 0.500. The van der Waals surface area contributed by atoms with Crippen LogP contribution in [0.1, 0.15) is 24.5 Å². The first-order valence-electron chi connectivity index (χ1n) is 8.33. The second kappa shape index (κ2) is 7.00. The smallest absolute Gasteiger partial charge is 0.353 e. The lowest BCUT2D eigenvalue weighted by Crippen LogP contribution is -2.47. The van der Waals surface area contributed by atoms with Crippen LogP contribution in [0.3, 0.4) is 0 Å². The highest BCUT2D eigenvalue weighted by atomic mass is 35.5. The minimum absolute atomic E-state index is 0.501. The van der Waals surface area contributed by atoms with Gasteiger partial charge in [0.05, 0.1) is 16.3 Å². The highest BCUT2D eigenvalue weighted by molar-refractivity contribution is 6.43. The molecule has 3 nitrogen and oxygen atoms in total. The van der Waals surface area contributed by atoms with E-state index in [0.717, 1.165) is 37.8 Å². The Hall–Kier alpha value is -1.53. The van der Waals surface area contributed by atoms with E-state index in [1.165, 1.54) is 12.1 Å². The Morgan fingerprint density at radius 2 is 1.76 bits per heavy atom. The molecule has 25 heavy (non-hydrogen) atoms. The number of fused-ring (bicyclic) bond motifs is 1. The van der Waals surface area contributed by atoms with Crippen LogP contribution in [-0.2, 0) is 12.6 Å². The van der Waals surface area contributed by atoms with Crippen molar-refractivity contribution in [1.29, 1.82) is 0 Å². The van der Waals surface area contributed by atoms with Gasteiger partial charge in [0.15, 0.2) is 0 Å². The molecule has 0 unspecified atom stereocenters. The SMILES string of the molecule is CC1=C(Cl)C(N2CCN(C)CC2)=Nc2ccc(C(F)(F)F)cc2CC1. The predicted octanol–water partition coefficient (Wildman–Crippen LogP) is 4.44. The number of halogens is 4. The number of rotatable bonds is 0. The summed E-state index contributed by atoms with van der Waals surface area (Å²) >= 11 is 6.56. The molecule has 1 fully saturated rings. The monoisotopic (exact) mass is 371 g/mol. The molecule has 3 rings (SSSR count). The average molecular weight is 372 g/mol. The summed E-state index contributed by atoms with van der Waals surface area (Å²) in [6.45, 7) is 5.33. The molecule has 136 valence electrons. The Morgan fingerprint density at radius 3 is 2.40 bits per heavy atom. The van der Waals surface area contributed by atoms with Crippen LogP contribution in [0.25, 0.3) is 0 Å². The molecule has 1 aromatic carbocycles. The highest BCUT2D eigenvalue weighted by Crippen LogP contribution is 2.35. The molecule has 0 radical (unpaired) electrons. The van der Waals surface area contributed by atoms with Gasteiger partial charge in [0.1, 0.15) is 5.84 Å². The van der Waals surface area contributed by atoms with Gasteiger partial charge in [0.2, 0.25) is 0 Å². The van der Waals surface area contributed by atoms with Crippen LogP contribution in [0.2, 0.25) is 0 Å². The molecule has 1 saturated heterocycles. The van der Waals surface area contributed by atoms with Crippen molar-refractivity contribution in [3.05, 3.63) is 39.9 Å². The fourth-order valence-corrected chi connectivity index (χ4v) is 3.34. The highest BCUT2D eigenvalue weighted by Gasteiger charge is 2.31. The van der Waals surface area contributed by atoms with Gasteiger partial charge < -0.3 is 9.80 Å². The third-order valence-electron chi connectivity index (χ3n) is 4.78. The lowest BCUT2D eigenvalue weighted by atomic mass is 9.99. The lowest BCUT2D eigenvalue weighted by molar-refractivity contribution is -0.137. The second-order valence-corrected chi connectivity index (χ2v) is 7.04. The van der Waals surface area contributed by atoms with Crippen molar-refractivity contribution in [1.82, 2.24) is 9.80 Å². The maximum absolute atomic E-state index is 13.0. The van der Waals surface area contributed by atoms with Gasteiger partial charge in [-0.25, -0.2) is 4.99 Å². The van der Waals surface area contributed by atoms with E-state index in [9.17, 15) is 13.2 Å². The molecule has 0 saturated carbocycles. The van der Waals surface area contributed by atoms with Crippen molar-refractivity contribution in [3.8, 4) is 0 Å². The van der Waals surface area contributed by atoms with Crippen molar-refractivity contribution >= 4 is 23.1 Å². The predicted molar refractivity (Wildman–Crippen MR) is 94.5 cm³/mol. The van der Waals surface area contributed by atoms with E-state index in [2.05, 4.69) is 21.8 Å². The van der Waals surface area contributed by atoms with Gasteiger partial charge in [-0.3, -0.25) is 0 Å². The van der Waals surface area contributed by atoms with Gasteiger partial charge in [-0.05, 0) is 50.6 Å². The van der Waals surface area contributed by atoms with Gasteiger partial charge in [-0.1, -0.05) is 17.2 Å². The normalized spacial score (nSPS) is 20.1. The number of aliphatic imine (C=N–C) groups is 1. The van der Waals surface area contributed by atoms with E-state index in [1.54, 1.807) is 0 Å². The summed E-state index contributed by atoms with van der Waals surface area (Å²) in [6.07, 6.45) is -3.22. The first-order valence-corrected chi connectivity index (χ1v) is 8.71. The molecule has 0 bridgehead atoms. The first kappa shape index (κ1) is 18.3. The van der Waals surface area contributed by atoms with E-state index in [4.69, 9.17) is 11.6 Å². The van der Waals surface area contributed by atoms with Crippen molar-refractivity contribution in [2.24, 2.45) is 4.99 Å². The van der Waals surface area contributed by atoms with Crippen LogP contribution in [0.5, 0.6) is 0 Å². The minimum atomic E-state index is -4.34. The van der Waals surface area contributed by atoms with Crippen molar-refractivity contribution in [3.63, 3.8) is 0 Å². The maximum Gasteiger partial charge on any atom is 0.416 e. The van der Waals surface area contributed by atoms with E-state index in [0.29, 0.717) is 35.0 Å². The summed E-state index contributed by atoms with van der Waals surface area (Å²) in [7, 11) is 2.06. The molecule has 0 spiro atoms. The summed E-state index contributed by atoms with van der Waals surface area (Å²) < 4.78 is 39.0. The standard InChI is InChI=1S/C18H21ClF3N3/c1-12-3-4-13-11-14(18(20,21)22)5-6-15(13)23-17(16(12)19)25-9-7-24(2)8-10-25/h5-6,11H,3-4,7-10H2,1-2H3. The number of amidine groups is 1. The van der Waals surface area contributed by atoms with Gasteiger partial charge in [0.25, 0.3) is 0 Å². The zero-order valence-corrected chi connectivity index (χ0v) is 15.1. The van der Waals surface area contributed by atoms with Crippen molar-refractivity contribution < 1.29 is 13.2 Å². The number of nitrogens with zero attached hydrogens (tertiary/aromatic N) is 3. The largest absolute Gasteiger partial charge is 0.416 e. The van der Waals surface area contributed by atoms with E-state index in [-0.39, 0.29) is 0 Å². The maximum atomic E-state index is 13.0. The third kappa shape index (κ3) is 4.01. The quantitative estimate of drug-likeness (QED) is 0.671. The van der Waals surface area contributed by atoms with Gasteiger partial charge in [0, 0.05) is 26.2 Å². The molecule has 0 aliphatic carbocycles. The zero-order chi connectivity index (χ0) is 18.2. The fourth-order valence-electron chi connectivity index (χ4n) is 3.08. The molecule has 1 aromatic rings. The lowest BCUT2D eigenvalue weighted by Gasteiger charge is -2.35. The van der Waals surface area contributed by atoms with Crippen LogP contribution in [0, 0.1) is 0 Å². The van der Waals surface area contributed by atoms with Gasteiger partial charge in [-0.15, -0.1) is 0 Å². The summed E-state index contributed by atoms with van der Waals surface area (Å²) in [5, 5.41) is 0.620. The topological polar surface area (TPSA) is 18.8 Å². The summed E-state index contributed by atoms with van der Waals surface area (Å²) in [5.74, 6) is 0.674. The molecule has 2 aliphatic heterocycles. The summed E-state index contributed by atoms with van der Waals surface area (Å²) in [5.41, 5.74) is 1.52. The summed E-state index contributed by atoms with van der Waals surface area (Å²) in [4.78, 5) is 9.02. The van der Waals surface area contributed by atoms with E-state index in [1.807, 2.05) is 6.92 Å². The average Bonchev–Trinajstić information content (AvgIpc) is 2.56. The van der Waals surface area contributed by atoms with Crippen LogP contribution in [-0.4, -0.2) is 48.9 Å². The van der Waals surface area contributed by atoms with Crippen LogP contribution < -0.4 is 0 Å². The molecule has 0 aromatic heterocycles. The number of alkyl halides is 3. The zero-order valence-electron chi connectivity index (χ0n) is 14.3. The molecule has 2 heterocycles. The first-order chi connectivity index (χ1) is 11.8. The Bertz CT molecular complexity index is 717. The number of likely N-dealkylation sites (N-methyl/N-ethyl adjacent to an activating group) is 1. The molecule has 2 aliphatic rings. The van der Waals surface area contributed by atoms with Crippen molar-refractivity contribution in [2.45, 2.75) is 25.9 Å². The van der Waals surface area contributed by atoms with Crippen LogP contribution in [0.4, 0.5) is 18.9 Å². The Kier molecular flexibility index (Phi) is 5.11. The van der Waals surface area contributed by atoms with Crippen molar-refractivity contribution in [2.75, 3.05) is 33.2 Å².